The van der Waals surface area contributed by atoms with Crippen LogP contribution in [-0.2, 0) is 12.2 Å². The second kappa shape index (κ2) is 6.84. The van der Waals surface area contributed by atoms with Crippen molar-refractivity contribution in [1.82, 2.24) is 10.1 Å². The van der Waals surface area contributed by atoms with Crippen molar-refractivity contribution in [2.45, 2.75) is 31.4 Å². The fourth-order valence-electron chi connectivity index (χ4n) is 1.18. The highest BCUT2D eigenvalue weighted by Gasteiger charge is 2.04. The first kappa shape index (κ1) is 11.5. The lowest BCUT2D eigenvalue weighted by molar-refractivity contribution is 0.370. The summed E-state index contributed by atoms with van der Waals surface area (Å²) in [6.45, 7) is 0.765. The number of rotatable bonds is 7. The average Bonchev–Trinajstić information content (AvgIpc) is 2.61. The molecule has 0 spiro atoms. The van der Waals surface area contributed by atoms with Crippen LogP contribution in [0.4, 0.5) is 0 Å². The Kier molecular flexibility index (Phi) is 5.63. The molecule has 0 aliphatic rings. The maximum absolute atomic E-state index is 5.40. The molecule has 2 N–H and O–H groups in total. The molecule has 0 aliphatic carbocycles. The van der Waals surface area contributed by atoms with Crippen LogP contribution in [0.25, 0.3) is 0 Å². The number of nitrogens with two attached hydrogens (primary N) is 1. The van der Waals surface area contributed by atoms with Gasteiger partial charge in [0, 0.05) is 6.42 Å². The van der Waals surface area contributed by atoms with E-state index in [1.807, 2.05) is 6.26 Å². The van der Waals surface area contributed by atoms with Crippen LogP contribution in [0.3, 0.4) is 0 Å². The zero-order valence-electron chi connectivity index (χ0n) is 8.53. The Hall–Kier alpha value is -0.550. The molecule has 5 heteroatoms. The van der Waals surface area contributed by atoms with Gasteiger partial charge in [-0.05, 0) is 25.6 Å². The summed E-state index contributed by atoms with van der Waals surface area (Å²) in [6.07, 6.45) is 6.19. The van der Waals surface area contributed by atoms with Gasteiger partial charge in [0.25, 0.3) is 0 Å². The van der Waals surface area contributed by atoms with Gasteiger partial charge >= 0.3 is 0 Å². The van der Waals surface area contributed by atoms with Crippen LogP contribution in [0.1, 0.15) is 31.0 Å². The summed E-state index contributed by atoms with van der Waals surface area (Å²) in [5.41, 5.74) is 5.40. The maximum atomic E-state index is 5.40. The van der Waals surface area contributed by atoms with Gasteiger partial charge in [-0.25, -0.2) is 0 Å². The number of aromatic nitrogens is 2. The third-order valence-electron chi connectivity index (χ3n) is 1.88. The molecule has 1 rings (SSSR count). The van der Waals surface area contributed by atoms with Crippen molar-refractivity contribution < 1.29 is 4.52 Å². The van der Waals surface area contributed by atoms with Crippen LogP contribution >= 0.6 is 11.8 Å². The van der Waals surface area contributed by atoms with E-state index < -0.39 is 0 Å². The van der Waals surface area contributed by atoms with Crippen molar-refractivity contribution in [3.63, 3.8) is 0 Å². The molecule has 0 bridgehead atoms. The fourth-order valence-corrected chi connectivity index (χ4v) is 1.55. The normalized spacial score (nSPS) is 10.7. The summed E-state index contributed by atoms with van der Waals surface area (Å²) in [5.74, 6) is 2.38. The fraction of sp³-hybridized carbons (Fsp3) is 0.778. The second-order valence-corrected chi connectivity index (χ2v) is 4.00. The summed E-state index contributed by atoms with van der Waals surface area (Å²) in [6, 6.07) is 0. The van der Waals surface area contributed by atoms with E-state index in [2.05, 4.69) is 10.1 Å². The van der Waals surface area contributed by atoms with Crippen LogP contribution in [0.2, 0.25) is 0 Å². The minimum atomic E-state index is 0.756. The number of unbranched alkanes of at least 4 members (excludes halogenated alkanes) is 2. The van der Waals surface area contributed by atoms with Gasteiger partial charge in [0.15, 0.2) is 5.82 Å². The first-order valence-electron chi connectivity index (χ1n) is 4.87. The minimum absolute atomic E-state index is 0.756. The topological polar surface area (TPSA) is 64.9 Å². The van der Waals surface area contributed by atoms with Gasteiger partial charge in [-0.2, -0.15) is 16.7 Å². The monoisotopic (exact) mass is 215 g/mol. The zero-order valence-corrected chi connectivity index (χ0v) is 9.35. The molecule has 0 aromatic carbocycles. The molecule has 0 fully saturated rings. The molecule has 1 heterocycles. The zero-order chi connectivity index (χ0) is 10.2. The molecule has 0 atom stereocenters. The van der Waals surface area contributed by atoms with E-state index >= 15 is 0 Å². The van der Waals surface area contributed by atoms with Crippen molar-refractivity contribution in [3.8, 4) is 0 Å². The summed E-state index contributed by atoms with van der Waals surface area (Å²) in [4.78, 5) is 4.27. The largest absolute Gasteiger partial charge is 0.339 e. The Morgan fingerprint density at radius 3 is 2.93 bits per heavy atom. The lowest BCUT2D eigenvalue weighted by Crippen LogP contribution is -1.98. The van der Waals surface area contributed by atoms with Crippen LogP contribution < -0.4 is 5.73 Å². The van der Waals surface area contributed by atoms with E-state index in [1.54, 1.807) is 11.8 Å². The number of thioether (sulfide) groups is 1. The highest BCUT2D eigenvalue weighted by Crippen LogP contribution is 2.08. The Morgan fingerprint density at radius 2 is 2.21 bits per heavy atom. The van der Waals surface area contributed by atoms with Crippen molar-refractivity contribution in [2.75, 3.05) is 12.8 Å². The Balaban J connectivity index is 2.22. The predicted octanol–water partition coefficient (Wildman–Crippen LogP) is 1.60. The third kappa shape index (κ3) is 4.11. The van der Waals surface area contributed by atoms with Gasteiger partial charge in [-0.15, -0.1) is 0 Å². The Bertz CT molecular complexity index is 252. The molecule has 1 aromatic rings. The van der Waals surface area contributed by atoms with E-state index in [0.717, 1.165) is 49.7 Å². The number of hydrogen-bond acceptors (Lipinski definition) is 5. The van der Waals surface area contributed by atoms with E-state index in [9.17, 15) is 0 Å². The Labute approximate surface area is 88.6 Å². The van der Waals surface area contributed by atoms with Gasteiger partial charge in [-0.1, -0.05) is 11.6 Å². The van der Waals surface area contributed by atoms with Crippen LogP contribution in [0.15, 0.2) is 4.52 Å². The summed E-state index contributed by atoms with van der Waals surface area (Å²) in [5, 5.41) is 3.87. The average molecular weight is 215 g/mol. The highest BCUT2D eigenvalue weighted by molar-refractivity contribution is 7.97. The molecular formula is C9H17N3OS. The van der Waals surface area contributed by atoms with Gasteiger partial charge in [0.05, 0.1) is 5.75 Å². The summed E-state index contributed by atoms with van der Waals surface area (Å²) < 4.78 is 5.09. The SMILES string of the molecule is CSCc1noc(CCCCCN)n1. The van der Waals surface area contributed by atoms with Crippen molar-refractivity contribution in [2.24, 2.45) is 5.73 Å². The lowest BCUT2D eigenvalue weighted by Gasteiger charge is -1.93. The molecule has 0 aliphatic heterocycles. The van der Waals surface area contributed by atoms with E-state index in [1.165, 1.54) is 0 Å². The van der Waals surface area contributed by atoms with Gasteiger partial charge < -0.3 is 10.3 Å². The molecule has 0 unspecified atom stereocenters. The van der Waals surface area contributed by atoms with Crippen molar-refractivity contribution in [3.05, 3.63) is 11.7 Å². The molecular weight excluding hydrogens is 198 g/mol. The molecule has 4 nitrogen and oxygen atoms in total. The van der Waals surface area contributed by atoms with Crippen molar-refractivity contribution in [1.29, 1.82) is 0 Å². The minimum Gasteiger partial charge on any atom is -0.339 e. The van der Waals surface area contributed by atoms with Crippen LogP contribution in [0, 0.1) is 0 Å². The summed E-state index contributed by atoms with van der Waals surface area (Å²) in [7, 11) is 0. The van der Waals surface area contributed by atoms with E-state index in [4.69, 9.17) is 10.3 Å². The highest BCUT2D eigenvalue weighted by atomic mass is 32.2. The molecule has 0 amide bonds. The molecule has 0 radical (unpaired) electrons. The first-order chi connectivity index (χ1) is 6.86. The quantitative estimate of drug-likeness (QED) is 0.700. The van der Waals surface area contributed by atoms with E-state index in [0.29, 0.717) is 0 Å². The maximum Gasteiger partial charge on any atom is 0.226 e. The van der Waals surface area contributed by atoms with Gasteiger partial charge in [0.2, 0.25) is 5.89 Å². The number of nitrogens with zero attached hydrogens (tertiary/aromatic N) is 2. The molecule has 0 saturated heterocycles. The van der Waals surface area contributed by atoms with Gasteiger partial charge in [0.1, 0.15) is 0 Å². The smallest absolute Gasteiger partial charge is 0.226 e. The van der Waals surface area contributed by atoms with Crippen molar-refractivity contribution >= 4 is 11.8 Å². The standard InChI is InChI=1S/C9H17N3OS/c1-14-7-8-11-9(13-12-8)5-3-2-4-6-10/h2-7,10H2,1H3. The third-order valence-corrected chi connectivity index (χ3v) is 2.43. The predicted molar refractivity (Wildman–Crippen MR) is 58.1 cm³/mol. The van der Waals surface area contributed by atoms with E-state index in [-0.39, 0.29) is 0 Å². The molecule has 0 saturated carbocycles. The second-order valence-electron chi connectivity index (χ2n) is 3.14. The van der Waals surface area contributed by atoms with Gasteiger partial charge in [-0.3, -0.25) is 0 Å². The molecule has 80 valence electrons. The summed E-state index contributed by atoms with van der Waals surface area (Å²) >= 11 is 1.70. The first-order valence-corrected chi connectivity index (χ1v) is 6.26. The molecule has 14 heavy (non-hydrogen) atoms. The van der Waals surface area contributed by atoms with Crippen LogP contribution in [-0.4, -0.2) is 22.9 Å². The number of aryl methyl sites for hydroxylation is 1. The molecule has 1 aromatic heterocycles. The lowest BCUT2D eigenvalue weighted by atomic mass is 10.2. The number of hydrogen-bond donors (Lipinski definition) is 1. The Morgan fingerprint density at radius 1 is 1.36 bits per heavy atom. The van der Waals surface area contributed by atoms with Crippen LogP contribution in [0.5, 0.6) is 0 Å².